The van der Waals surface area contributed by atoms with E-state index in [1.165, 1.54) is 7.11 Å². The van der Waals surface area contributed by atoms with Crippen LogP contribution in [-0.4, -0.2) is 24.7 Å². The number of benzene rings is 1. The lowest BCUT2D eigenvalue weighted by molar-refractivity contribution is 0.0872. The third kappa shape index (κ3) is 1.99. The van der Waals surface area contributed by atoms with Crippen molar-refractivity contribution in [1.82, 2.24) is 10.3 Å². The summed E-state index contributed by atoms with van der Waals surface area (Å²) in [6, 6.07) is 7.49. The molecule has 1 amide bonds. The zero-order valence-corrected chi connectivity index (χ0v) is 8.41. The molecule has 2 rings (SSSR count). The summed E-state index contributed by atoms with van der Waals surface area (Å²) in [5.74, 6) is -0.131. The van der Waals surface area contributed by atoms with Crippen LogP contribution in [0.5, 0.6) is 0 Å². The lowest BCUT2D eigenvalue weighted by Crippen LogP contribution is -2.25. The minimum absolute atomic E-state index is 0.131. The van der Waals surface area contributed by atoms with Crippen molar-refractivity contribution in [3.8, 4) is 0 Å². The first-order valence-corrected chi connectivity index (χ1v) is 4.65. The molecule has 1 heterocycles. The highest BCUT2D eigenvalue weighted by Gasteiger charge is 2.05. The topological polar surface area (TPSA) is 54.1 Å². The second-order valence-electron chi connectivity index (χ2n) is 3.22. The Labute approximate surface area is 87.2 Å². The largest absolute Gasteiger partial charge is 0.364 e. The molecule has 0 atom stereocenters. The highest BCUT2D eigenvalue weighted by atomic mass is 16.5. The Kier molecular flexibility index (Phi) is 2.69. The Morgan fingerprint density at radius 2 is 2.33 bits per heavy atom. The molecule has 2 aromatic rings. The highest BCUT2D eigenvalue weighted by Crippen LogP contribution is 2.13. The van der Waals surface area contributed by atoms with Gasteiger partial charge in [0.15, 0.2) is 0 Å². The molecule has 0 aliphatic rings. The summed E-state index contributed by atoms with van der Waals surface area (Å²) in [6.07, 6.45) is 1.85. The fourth-order valence-corrected chi connectivity index (χ4v) is 1.43. The van der Waals surface area contributed by atoms with E-state index in [0.29, 0.717) is 5.56 Å². The summed E-state index contributed by atoms with van der Waals surface area (Å²) in [4.78, 5) is 14.6. The molecular weight excluding hydrogens is 192 g/mol. The molecule has 0 aliphatic carbocycles. The number of carbonyl (C=O) groups excluding carboxylic acids is 1. The molecular formula is C11H12N2O2. The van der Waals surface area contributed by atoms with Crippen LogP contribution in [0.4, 0.5) is 0 Å². The van der Waals surface area contributed by atoms with E-state index in [1.54, 1.807) is 6.07 Å². The number of ether oxygens (including phenoxy) is 1. The van der Waals surface area contributed by atoms with Crippen LogP contribution in [0.3, 0.4) is 0 Å². The molecule has 2 N–H and O–H groups in total. The number of rotatable bonds is 3. The predicted molar refractivity (Wildman–Crippen MR) is 57.6 cm³/mol. The lowest BCUT2D eigenvalue weighted by atomic mass is 10.1. The van der Waals surface area contributed by atoms with Gasteiger partial charge >= 0.3 is 0 Å². The molecule has 0 fully saturated rings. The van der Waals surface area contributed by atoms with Crippen molar-refractivity contribution in [2.75, 3.05) is 13.8 Å². The maximum absolute atomic E-state index is 11.6. The number of amides is 1. The summed E-state index contributed by atoms with van der Waals surface area (Å²) < 4.78 is 4.77. The van der Waals surface area contributed by atoms with Crippen molar-refractivity contribution < 1.29 is 9.53 Å². The Bertz CT molecular complexity index is 476. The Morgan fingerprint density at radius 1 is 1.47 bits per heavy atom. The third-order valence-corrected chi connectivity index (χ3v) is 2.19. The zero-order valence-electron chi connectivity index (χ0n) is 8.41. The van der Waals surface area contributed by atoms with Crippen LogP contribution in [0, 0.1) is 0 Å². The van der Waals surface area contributed by atoms with Crippen molar-refractivity contribution in [2.24, 2.45) is 0 Å². The predicted octanol–water partition coefficient (Wildman–Crippen LogP) is 1.50. The Balaban J connectivity index is 2.23. The normalized spacial score (nSPS) is 10.5. The second-order valence-corrected chi connectivity index (χ2v) is 3.22. The maximum atomic E-state index is 11.6. The number of fused-ring (bicyclic) bond motifs is 1. The van der Waals surface area contributed by atoms with Crippen LogP contribution in [0.1, 0.15) is 10.4 Å². The van der Waals surface area contributed by atoms with Crippen LogP contribution in [0.25, 0.3) is 10.9 Å². The van der Waals surface area contributed by atoms with Crippen LogP contribution in [0.2, 0.25) is 0 Å². The fourth-order valence-electron chi connectivity index (χ4n) is 1.43. The van der Waals surface area contributed by atoms with E-state index in [2.05, 4.69) is 10.3 Å². The standard InChI is InChI=1S/C11H12N2O2/c1-15-7-13-11(14)9-3-2-8-4-5-12-10(8)6-9/h2-6,12H,7H2,1H3,(H,13,14). The molecule has 0 aliphatic heterocycles. The lowest BCUT2D eigenvalue weighted by Gasteiger charge is -2.03. The number of carbonyl (C=O) groups is 1. The molecule has 1 aromatic carbocycles. The minimum Gasteiger partial charge on any atom is -0.364 e. The van der Waals surface area contributed by atoms with Gasteiger partial charge in [0.05, 0.1) is 0 Å². The summed E-state index contributed by atoms with van der Waals surface area (Å²) in [7, 11) is 1.54. The average molecular weight is 204 g/mol. The van der Waals surface area contributed by atoms with E-state index in [-0.39, 0.29) is 12.6 Å². The number of aromatic amines is 1. The second kappa shape index (κ2) is 4.14. The SMILES string of the molecule is COCNC(=O)c1ccc2cc[nH]c2c1. The van der Waals surface area contributed by atoms with Crippen LogP contribution < -0.4 is 5.32 Å². The van der Waals surface area contributed by atoms with Gasteiger partial charge in [-0.1, -0.05) is 6.07 Å². The monoisotopic (exact) mass is 204 g/mol. The molecule has 1 aromatic heterocycles. The van der Waals surface area contributed by atoms with Crippen molar-refractivity contribution in [3.05, 3.63) is 36.0 Å². The Hall–Kier alpha value is -1.81. The van der Waals surface area contributed by atoms with Gasteiger partial charge in [0.2, 0.25) is 0 Å². The highest BCUT2D eigenvalue weighted by molar-refractivity contribution is 5.97. The third-order valence-electron chi connectivity index (χ3n) is 2.19. The molecule has 0 bridgehead atoms. The van der Waals surface area contributed by atoms with Gasteiger partial charge in [-0.3, -0.25) is 4.79 Å². The van der Waals surface area contributed by atoms with Crippen LogP contribution >= 0.6 is 0 Å². The summed E-state index contributed by atoms with van der Waals surface area (Å²) >= 11 is 0. The van der Waals surface area contributed by atoms with Crippen LogP contribution in [0.15, 0.2) is 30.5 Å². The van der Waals surface area contributed by atoms with Crippen molar-refractivity contribution in [2.45, 2.75) is 0 Å². The number of H-pyrrole nitrogens is 1. The van der Waals surface area contributed by atoms with Gasteiger partial charge in [-0.15, -0.1) is 0 Å². The van der Waals surface area contributed by atoms with Gasteiger partial charge in [-0.05, 0) is 23.6 Å². The van der Waals surface area contributed by atoms with Crippen molar-refractivity contribution in [1.29, 1.82) is 0 Å². The van der Waals surface area contributed by atoms with E-state index in [1.807, 2.05) is 24.4 Å². The van der Waals surface area contributed by atoms with Gasteiger partial charge in [0.25, 0.3) is 5.91 Å². The van der Waals surface area contributed by atoms with Gasteiger partial charge in [0, 0.05) is 24.4 Å². The molecule has 0 saturated carbocycles. The molecule has 78 valence electrons. The van der Waals surface area contributed by atoms with E-state index < -0.39 is 0 Å². The number of aromatic nitrogens is 1. The maximum Gasteiger partial charge on any atom is 0.253 e. The number of hydrogen-bond acceptors (Lipinski definition) is 2. The van der Waals surface area contributed by atoms with Crippen molar-refractivity contribution in [3.63, 3.8) is 0 Å². The summed E-state index contributed by atoms with van der Waals surface area (Å²) in [6.45, 7) is 0.224. The first-order valence-electron chi connectivity index (χ1n) is 4.65. The molecule has 4 nitrogen and oxygen atoms in total. The molecule has 4 heteroatoms. The molecule has 15 heavy (non-hydrogen) atoms. The van der Waals surface area contributed by atoms with Gasteiger partial charge in [-0.25, -0.2) is 0 Å². The van der Waals surface area contributed by atoms with E-state index in [4.69, 9.17) is 4.74 Å². The van der Waals surface area contributed by atoms with Gasteiger partial charge < -0.3 is 15.0 Å². The summed E-state index contributed by atoms with van der Waals surface area (Å²) in [5, 5.41) is 3.73. The zero-order chi connectivity index (χ0) is 10.7. The number of methoxy groups -OCH3 is 1. The first-order chi connectivity index (χ1) is 7.31. The van der Waals surface area contributed by atoms with E-state index in [9.17, 15) is 4.79 Å². The Morgan fingerprint density at radius 3 is 3.13 bits per heavy atom. The van der Waals surface area contributed by atoms with E-state index in [0.717, 1.165) is 10.9 Å². The molecule has 0 radical (unpaired) electrons. The number of hydrogen-bond donors (Lipinski definition) is 2. The minimum atomic E-state index is -0.131. The van der Waals surface area contributed by atoms with Gasteiger partial charge in [0.1, 0.15) is 6.73 Å². The molecule has 0 spiro atoms. The molecule has 0 unspecified atom stereocenters. The smallest absolute Gasteiger partial charge is 0.253 e. The average Bonchev–Trinajstić information content (AvgIpc) is 2.72. The van der Waals surface area contributed by atoms with Gasteiger partial charge in [-0.2, -0.15) is 0 Å². The quantitative estimate of drug-likeness (QED) is 0.744. The van der Waals surface area contributed by atoms with Crippen LogP contribution in [-0.2, 0) is 4.74 Å². The van der Waals surface area contributed by atoms with Crippen molar-refractivity contribution >= 4 is 16.8 Å². The summed E-state index contributed by atoms with van der Waals surface area (Å²) in [5.41, 5.74) is 1.59. The fraction of sp³-hybridized carbons (Fsp3) is 0.182. The van der Waals surface area contributed by atoms with E-state index >= 15 is 0 Å². The molecule has 0 saturated heterocycles. The first kappa shape index (κ1) is 9.73. The number of nitrogens with one attached hydrogen (secondary N) is 2.